The molecular formula is C25H26N4O5. The number of alkyl carbamates (subject to hydrolysis) is 1. The third-order valence-corrected chi connectivity index (χ3v) is 5.84. The van der Waals surface area contributed by atoms with Crippen LogP contribution < -0.4 is 10.6 Å². The molecule has 1 aromatic heterocycles. The second kappa shape index (κ2) is 10.2. The number of amides is 2. The SMILES string of the molecule is CC(CCNC(=O)OCC1c2ccccc2-c2ccccc21)C(=O)Nc1cnn(CC(=O)O)c1. The Bertz CT molecular complexity index is 1160. The first-order valence-electron chi connectivity index (χ1n) is 11.1. The molecule has 1 heterocycles. The van der Waals surface area contributed by atoms with Crippen LogP contribution in [0.25, 0.3) is 11.1 Å². The second-order valence-corrected chi connectivity index (χ2v) is 8.25. The number of aromatic nitrogens is 2. The summed E-state index contributed by atoms with van der Waals surface area (Å²) in [7, 11) is 0. The van der Waals surface area contributed by atoms with E-state index < -0.39 is 12.1 Å². The van der Waals surface area contributed by atoms with Crippen LogP contribution in [0.2, 0.25) is 0 Å². The van der Waals surface area contributed by atoms with Gasteiger partial charge in [-0.1, -0.05) is 55.5 Å². The smallest absolute Gasteiger partial charge is 0.407 e. The number of fused-ring (bicyclic) bond motifs is 3. The van der Waals surface area contributed by atoms with Crippen LogP contribution in [0.15, 0.2) is 60.9 Å². The molecule has 2 aromatic carbocycles. The van der Waals surface area contributed by atoms with Gasteiger partial charge in [0.25, 0.3) is 0 Å². The summed E-state index contributed by atoms with van der Waals surface area (Å²) in [6, 6.07) is 16.3. The van der Waals surface area contributed by atoms with E-state index in [0.29, 0.717) is 12.1 Å². The largest absolute Gasteiger partial charge is 0.480 e. The molecule has 0 saturated carbocycles. The molecule has 0 spiro atoms. The highest BCUT2D eigenvalue weighted by molar-refractivity contribution is 5.92. The minimum atomic E-state index is -1.02. The van der Waals surface area contributed by atoms with Gasteiger partial charge in [0, 0.05) is 24.6 Å². The number of carboxylic acids is 1. The zero-order chi connectivity index (χ0) is 24.1. The predicted molar refractivity (Wildman–Crippen MR) is 125 cm³/mol. The first-order chi connectivity index (χ1) is 16.4. The number of nitrogens with one attached hydrogen (secondary N) is 2. The van der Waals surface area contributed by atoms with Crippen molar-refractivity contribution in [2.75, 3.05) is 18.5 Å². The van der Waals surface area contributed by atoms with E-state index in [4.69, 9.17) is 9.84 Å². The number of anilines is 1. The molecule has 4 rings (SSSR count). The molecule has 9 nitrogen and oxygen atoms in total. The van der Waals surface area contributed by atoms with Crippen molar-refractivity contribution in [1.29, 1.82) is 0 Å². The Hall–Kier alpha value is -4.14. The Kier molecular flexibility index (Phi) is 6.91. The van der Waals surface area contributed by atoms with Gasteiger partial charge in [0.1, 0.15) is 13.2 Å². The van der Waals surface area contributed by atoms with Crippen molar-refractivity contribution in [3.05, 3.63) is 72.1 Å². The van der Waals surface area contributed by atoms with Gasteiger partial charge in [-0.3, -0.25) is 14.3 Å². The van der Waals surface area contributed by atoms with Crippen molar-refractivity contribution in [1.82, 2.24) is 15.1 Å². The van der Waals surface area contributed by atoms with Crippen LogP contribution >= 0.6 is 0 Å². The molecule has 1 aliphatic rings. The molecule has 0 saturated heterocycles. The lowest BCUT2D eigenvalue weighted by atomic mass is 9.98. The van der Waals surface area contributed by atoms with Gasteiger partial charge in [-0.2, -0.15) is 5.10 Å². The van der Waals surface area contributed by atoms with Gasteiger partial charge in [0.05, 0.1) is 11.9 Å². The van der Waals surface area contributed by atoms with Crippen molar-refractivity contribution in [2.45, 2.75) is 25.8 Å². The Morgan fingerprint density at radius 2 is 1.74 bits per heavy atom. The summed E-state index contributed by atoms with van der Waals surface area (Å²) < 4.78 is 6.73. The van der Waals surface area contributed by atoms with Crippen molar-refractivity contribution in [2.24, 2.45) is 5.92 Å². The molecule has 3 aromatic rings. The summed E-state index contributed by atoms with van der Waals surface area (Å²) in [5.41, 5.74) is 5.05. The number of carbonyl (C=O) groups is 3. The Morgan fingerprint density at radius 1 is 1.09 bits per heavy atom. The lowest BCUT2D eigenvalue weighted by molar-refractivity contribution is -0.137. The van der Waals surface area contributed by atoms with Crippen LogP contribution in [0, 0.1) is 5.92 Å². The quantitative estimate of drug-likeness (QED) is 0.448. The molecule has 0 fully saturated rings. The third kappa shape index (κ3) is 5.25. The van der Waals surface area contributed by atoms with Gasteiger partial charge >= 0.3 is 12.1 Å². The number of rotatable bonds is 9. The lowest BCUT2D eigenvalue weighted by Crippen LogP contribution is -2.30. The molecule has 0 aliphatic heterocycles. The number of carbonyl (C=O) groups excluding carboxylic acids is 2. The van der Waals surface area contributed by atoms with E-state index in [9.17, 15) is 14.4 Å². The third-order valence-electron chi connectivity index (χ3n) is 5.84. The number of aliphatic carboxylic acids is 1. The number of hydrogen-bond acceptors (Lipinski definition) is 5. The van der Waals surface area contributed by atoms with Gasteiger partial charge in [0.15, 0.2) is 0 Å². The topological polar surface area (TPSA) is 123 Å². The van der Waals surface area contributed by atoms with Crippen LogP contribution in [0.5, 0.6) is 0 Å². The second-order valence-electron chi connectivity index (χ2n) is 8.25. The maximum absolute atomic E-state index is 12.3. The summed E-state index contributed by atoms with van der Waals surface area (Å²) in [5.74, 6) is -1.65. The number of ether oxygens (including phenoxy) is 1. The van der Waals surface area contributed by atoms with E-state index in [0.717, 1.165) is 11.1 Å². The van der Waals surface area contributed by atoms with E-state index in [-0.39, 0.29) is 37.4 Å². The summed E-state index contributed by atoms with van der Waals surface area (Å²) in [6.07, 6.45) is 2.74. The van der Waals surface area contributed by atoms with Crippen LogP contribution in [0.4, 0.5) is 10.5 Å². The van der Waals surface area contributed by atoms with Gasteiger partial charge in [-0.05, 0) is 28.7 Å². The summed E-state index contributed by atoms with van der Waals surface area (Å²) in [6.45, 7) is 1.98. The highest BCUT2D eigenvalue weighted by Gasteiger charge is 2.29. The zero-order valence-corrected chi connectivity index (χ0v) is 18.7. The minimum absolute atomic E-state index is 0.00936. The fraction of sp³-hybridized carbons (Fsp3) is 0.280. The van der Waals surface area contributed by atoms with Crippen LogP contribution in [-0.2, 0) is 20.9 Å². The van der Waals surface area contributed by atoms with E-state index in [1.54, 1.807) is 6.92 Å². The lowest BCUT2D eigenvalue weighted by Gasteiger charge is -2.15. The molecule has 1 unspecified atom stereocenters. The predicted octanol–water partition coefficient (Wildman–Crippen LogP) is 3.47. The summed E-state index contributed by atoms with van der Waals surface area (Å²) in [4.78, 5) is 35.3. The van der Waals surface area contributed by atoms with Crippen LogP contribution in [0.1, 0.15) is 30.4 Å². The van der Waals surface area contributed by atoms with Gasteiger partial charge in [-0.25, -0.2) is 4.79 Å². The first-order valence-corrected chi connectivity index (χ1v) is 11.1. The monoisotopic (exact) mass is 462 g/mol. The maximum atomic E-state index is 12.3. The average molecular weight is 463 g/mol. The van der Waals surface area contributed by atoms with E-state index in [2.05, 4.69) is 40.0 Å². The molecule has 1 atom stereocenters. The molecule has 176 valence electrons. The molecular weight excluding hydrogens is 436 g/mol. The molecule has 34 heavy (non-hydrogen) atoms. The Balaban J connectivity index is 1.22. The van der Waals surface area contributed by atoms with Crippen molar-refractivity contribution < 1.29 is 24.2 Å². The molecule has 1 aliphatic carbocycles. The molecule has 0 bridgehead atoms. The standard InChI is InChI=1S/C25H26N4O5/c1-16(24(32)28-17-12-27-29(13-17)14-23(30)31)10-11-26-25(33)34-15-22-20-8-4-2-6-18(20)19-7-3-5-9-21(19)22/h2-9,12-13,16,22H,10-11,14-15H2,1H3,(H,26,33)(H,28,32)(H,30,31). The number of nitrogens with zero attached hydrogens (tertiary/aromatic N) is 2. The normalized spacial score (nSPS) is 13.0. The van der Waals surface area contributed by atoms with Gasteiger partial charge in [-0.15, -0.1) is 0 Å². The highest BCUT2D eigenvalue weighted by atomic mass is 16.5. The fourth-order valence-corrected chi connectivity index (χ4v) is 4.09. The molecule has 2 amide bonds. The molecule has 3 N–H and O–H groups in total. The van der Waals surface area contributed by atoms with Crippen LogP contribution in [0.3, 0.4) is 0 Å². The highest BCUT2D eigenvalue weighted by Crippen LogP contribution is 2.44. The van der Waals surface area contributed by atoms with Crippen molar-refractivity contribution >= 4 is 23.7 Å². The number of hydrogen-bond donors (Lipinski definition) is 3. The fourth-order valence-electron chi connectivity index (χ4n) is 4.09. The minimum Gasteiger partial charge on any atom is -0.480 e. The zero-order valence-electron chi connectivity index (χ0n) is 18.7. The van der Waals surface area contributed by atoms with E-state index >= 15 is 0 Å². The average Bonchev–Trinajstić information content (AvgIpc) is 3.39. The Morgan fingerprint density at radius 3 is 2.38 bits per heavy atom. The van der Waals surface area contributed by atoms with Gasteiger partial charge in [0.2, 0.25) is 5.91 Å². The number of benzene rings is 2. The Labute approximate surface area is 196 Å². The first kappa shape index (κ1) is 23.0. The van der Waals surface area contributed by atoms with Gasteiger partial charge < -0.3 is 20.5 Å². The molecule has 0 radical (unpaired) electrons. The van der Waals surface area contributed by atoms with E-state index in [1.165, 1.54) is 28.2 Å². The number of carboxylic acid groups (broad SMARTS) is 1. The summed E-state index contributed by atoms with van der Waals surface area (Å²) in [5, 5.41) is 18.1. The van der Waals surface area contributed by atoms with Crippen LogP contribution in [-0.4, -0.2) is 46.0 Å². The summed E-state index contributed by atoms with van der Waals surface area (Å²) >= 11 is 0. The molecule has 9 heteroatoms. The van der Waals surface area contributed by atoms with Crippen molar-refractivity contribution in [3.63, 3.8) is 0 Å². The van der Waals surface area contributed by atoms with E-state index in [1.807, 2.05) is 24.3 Å². The maximum Gasteiger partial charge on any atom is 0.407 e. The van der Waals surface area contributed by atoms with Crippen molar-refractivity contribution in [3.8, 4) is 11.1 Å².